The van der Waals surface area contributed by atoms with E-state index in [-0.39, 0.29) is 11.7 Å². The molecule has 5 nitrogen and oxygen atoms in total. The lowest BCUT2D eigenvalue weighted by molar-refractivity contribution is 0.101. The number of fused-ring (bicyclic) bond motifs is 1. The number of pyridine rings is 1. The number of nitrogens with one attached hydrogen (secondary N) is 1. The van der Waals surface area contributed by atoms with Gasteiger partial charge in [0.05, 0.1) is 11.2 Å². The van der Waals surface area contributed by atoms with E-state index in [4.69, 9.17) is 4.98 Å². The number of amides is 1. The maximum atomic E-state index is 13.6. The van der Waals surface area contributed by atoms with E-state index in [0.29, 0.717) is 5.69 Å². The first kappa shape index (κ1) is 17.9. The number of nitrogens with zero attached hydrogens (tertiary/aromatic N) is 3. The van der Waals surface area contributed by atoms with Gasteiger partial charge < -0.3 is 5.32 Å². The van der Waals surface area contributed by atoms with Crippen LogP contribution in [0.25, 0.3) is 22.2 Å². The third-order valence-corrected chi connectivity index (χ3v) is 4.77. The van der Waals surface area contributed by atoms with Gasteiger partial charge in [-0.3, -0.25) is 9.48 Å². The zero-order chi connectivity index (χ0) is 19.8. The van der Waals surface area contributed by atoms with Crippen LogP contribution in [0.15, 0.2) is 54.7 Å². The zero-order valence-corrected chi connectivity index (χ0v) is 15.8. The van der Waals surface area contributed by atoms with Crippen molar-refractivity contribution in [3.63, 3.8) is 0 Å². The number of benzene rings is 2. The fourth-order valence-corrected chi connectivity index (χ4v) is 3.27. The predicted molar refractivity (Wildman–Crippen MR) is 108 cm³/mol. The first-order valence-corrected chi connectivity index (χ1v) is 8.89. The van der Waals surface area contributed by atoms with Crippen molar-refractivity contribution in [3.8, 4) is 11.3 Å². The molecule has 4 aromatic rings. The average molecular weight is 374 g/mol. The molecule has 1 N–H and O–H groups in total. The van der Waals surface area contributed by atoms with Crippen molar-refractivity contribution >= 4 is 22.5 Å². The molecule has 1 amide bonds. The van der Waals surface area contributed by atoms with E-state index < -0.39 is 0 Å². The molecule has 2 aromatic heterocycles. The highest BCUT2D eigenvalue weighted by Crippen LogP contribution is 2.27. The van der Waals surface area contributed by atoms with Crippen LogP contribution in [0.2, 0.25) is 0 Å². The van der Waals surface area contributed by atoms with Crippen molar-refractivity contribution in [2.24, 2.45) is 7.05 Å². The molecule has 0 radical (unpaired) electrons. The first-order valence-electron chi connectivity index (χ1n) is 8.89. The van der Waals surface area contributed by atoms with Gasteiger partial charge in [-0.1, -0.05) is 12.1 Å². The van der Waals surface area contributed by atoms with Crippen molar-refractivity contribution in [2.75, 3.05) is 5.32 Å². The van der Waals surface area contributed by atoms with E-state index in [9.17, 15) is 9.18 Å². The number of aryl methyl sites for hydroxylation is 3. The molecular weight excluding hydrogens is 355 g/mol. The Morgan fingerprint density at radius 2 is 1.86 bits per heavy atom. The molecular formula is C22H19FN4O. The van der Waals surface area contributed by atoms with Crippen molar-refractivity contribution in [2.45, 2.75) is 13.8 Å². The third kappa shape index (κ3) is 3.24. The van der Waals surface area contributed by atoms with Gasteiger partial charge in [0.2, 0.25) is 0 Å². The standard InChI is InChI=1S/C22H19FN4O/c1-13-10-15(4-6-18(13)26-22(28)20-8-9-24-27(20)3)19-7-5-16-12-17(23)11-14(2)21(16)25-19/h4-12H,1-3H3,(H,26,28). The summed E-state index contributed by atoms with van der Waals surface area (Å²) in [4.78, 5) is 17.1. The number of anilines is 1. The minimum Gasteiger partial charge on any atom is -0.320 e. The maximum absolute atomic E-state index is 13.6. The molecule has 0 saturated carbocycles. The van der Waals surface area contributed by atoms with Crippen LogP contribution < -0.4 is 5.32 Å². The molecule has 0 aliphatic heterocycles. The molecule has 28 heavy (non-hydrogen) atoms. The lowest BCUT2D eigenvalue weighted by Gasteiger charge is -2.11. The molecule has 140 valence electrons. The van der Waals surface area contributed by atoms with E-state index in [1.54, 1.807) is 19.3 Å². The Bertz CT molecular complexity index is 1210. The topological polar surface area (TPSA) is 59.8 Å². The zero-order valence-electron chi connectivity index (χ0n) is 15.8. The molecule has 4 rings (SSSR count). The number of hydrogen-bond donors (Lipinski definition) is 1. The van der Waals surface area contributed by atoms with E-state index in [1.165, 1.54) is 16.8 Å². The molecule has 0 aliphatic rings. The smallest absolute Gasteiger partial charge is 0.273 e. The van der Waals surface area contributed by atoms with E-state index in [0.717, 1.165) is 39.0 Å². The lowest BCUT2D eigenvalue weighted by atomic mass is 10.0. The van der Waals surface area contributed by atoms with Crippen LogP contribution in [0.5, 0.6) is 0 Å². The molecule has 0 bridgehead atoms. The Morgan fingerprint density at radius 3 is 2.57 bits per heavy atom. The summed E-state index contributed by atoms with van der Waals surface area (Å²) in [5, 5.41) is 7.71. The van der Waals surface area contributed by atoms with Crippen LogP contribution in [0, 0.1) is 19.7 Å². The third-order valence-electron chi connectivity index (χ3n) is 4.77. The van der Waals surface area contributed by atoms with Crippen LogP contribution in [-0.4, -0.2) is 20.7 Å². The van der Waals surface area contributed by atoms with Gasteiger partial charge in [0.15, 0.2) is 0 Å². The fourth-order valence-electron chi connectivity index (χ4n) is 3.27. The van der Waals surface area contributed by atoms with Crippen LogP contribution in [0.1, 0.15) is 21.6 Å². The molecule has 2 heterocycles. The summed E-state index contributed by atoms with van der Waals surface area (Å²) in [5.74, 6) is -0.471. The van der Waals surface area contributed by atoms with Gasteiger partial charge in [-0.15, -0.1) is 0 Å². The van der Waals surface area contributed by atoms with E-state index in [2.05, 4.69) is 10.4 Å². The number of hydrogen-bond acceptors (Lipinski definition) is 3. The Hall–Kier alpha value is -3.54. The van der Waals surface area contributed by atoms with Crippen LogP contribution in [0.3, 0.4) is 0 Å². The quantitative estimate of drug-likeness (QED) is 0.568. The van der Waals surface area contributed by atoms with Gasteiger partial charge in [0.25, 0.3) is 5.91 Å². The predicted octanol–water partition coefficient (Wildman–Crippen LogP) is 4.64. The highest BCUT2D eigenvalue weighted by Gasteiger charge is 2.12. The summed E-state index contributed by atoms with van der Waals surface area (Å²) in [7, 11) is 1.73. The normalized spacial score (nSPS) is 11.0. The molecule has 6 heteroatoms. The molecule has 2 aromatic carbocycles. The fraction of sp³-hybridized carbons (Fsp3) is 0.136. The average Bonchev–Trinajstić information content (AvgIpc) is 3.09. The lowest BCUT2D eigenvalue weighted by Crippen LogP contribution is -2.16. The monoisotopic (exact) mass is 374 g/mol. The second kappa shape index (κ2) is 6.88. The molecule has 0 saturated heterocycles. The van der Waals surface area contributed by atoms with Gasteiger partial charge in [0.1, 0.15) is 11.5 Å². The van der Waals surface area contributed by atoms with Crippen molar-refractivity contribution in [3.05, 3.63) is 77.4 Å². The second-order valence-electron chi connectivity index (χ2n) is 6.81. The Balaban J connectivity index is 1.65. The Morgan fingerprint density at radius 1 is 1.04 bits per heavy atom. The second-order valence-corrected chi connectivity index (χ2v) is 6.81. The van der Waals surface area contributed by atoms with Crippen molar-refractivity contribution in [1.82, 2.24) is 14.8 Å². The van der Waals surface area contributed by atoms with Gasteiger partial charge in [-0.05, 0) is 61.4 Å². The van der Waals surface area contributed by atoms with Crippen LogP contribution in [0.4, 0.5) is 10.1 Å². The summed E-state index contributed by atoms with van der Waals surface area (Å²) >= 11 is 0. The number of carbonyl (C=O) groups excluding carboxylic acids is 1. The number of rotatable bonds is 3. The van der Waals surface area contributed by atoms with Gasteiger partial charge in [0, 0.05) is 29.9 Å². The number of carbonyl (C=O) groups is 1. The molecule has 0 aliphatic carbocycles. The minimum absolute atomic E-state index is 0.211. The summed E-state index contributed by atoms with van der Waals surface area (Å²) in [6.45, 7) is 3.79. The largest absolute Gasteiger partial charge is 0.320 e. The van der Waals surface area contributed by atoms with E-state index >= 15 is 0 Å². The van der Waals surface area contributed by atoms with Crippen LogP contribution >= 0.6 is 0 Å². The maximum Gasteiger partial charge on any atom is 0.273 e. The molecule has 0 fully saturated rings. The van der Waals surface area contributed by atoms with Gasteiger partial charge in [-0.25, -0.2) is 9.37 Å². The van der Waals surface area contributed by atoms with Gasteiger partial charge >= 0.3 is 0 Å². The first-order chi connectivity index (χ1) is 13.4. The highest BCUT2D eigenvalue weighted by molar-refractivity contribution is 6.03. The SMILES string of the molecule is Cc1cc(-c2ccc3cc(F)cc(C)c3n2)ccc1NC(=O)c1ccnn1C. The van der Waals surface area contributed by atoms with Crippen molar-refractivity contribution < 1.29 is 9.18 Å². The highest BCUT2D eigenvalue weighted by atomic mass is 19.1. The van der Waals surface area contributed by atoms with E-state index in [1.807, 2.05) is 44.2 Å². The Labute approximate surface area is 161 Å². The minimum atomic E-state index is -0.260. The summed E-state index contributed by atoms with van der Waals surface area (Å²) in [6, 6.07) is 14.2. The van der Waals surface area contributed by atoms with Crippen LogP contribution in [-0.2, 0) is 7.05 Å². The molecule has 0 unspecified atom stereocenters. The van der Waals surface area contributed by atoms with Crippen molar-refractivity contribution in [1.29, 1.82) is 0 Å². The summed E-state index contributed by atoms with van der Waals surface area (Å²) < 4.78 is 15.1. The number of halogens is 1. The van der Waals surface area contributed by atoms with Gasteiger partial charge in [-0.2, -0.15) is 5.10 Å². The summed E-state index contributed by atoms with van der Waals surface area (Å²) in [5.41, 5.74) is 5.46. The molecule has 0 spiro atoms. The molecule has 0 atom stereocenters. The number of aromatic nitrogens is 3. The summed E-state index contributed by atoms with van der Waals surface area (Å²) in [6.07, 6.45) is 1.59. The Kier molecular flexibility index (Phi) is 4.39.